The smallest absolute Gasteiger partial charge is 0.227 e. The van der Waals surface area contributed by atoms with Crippen molar-refractivity contribution in [3.8, 4) is 56.7 Å². The Balaban J connectivity index is 1.24. The first-order chi connectivity index (χ1) is 26.4. The van der Waals surface area contributed by atoms with Crippen LogP contribution < -0.4 is 0 Å². The summed E-state index contributed by atoms with van der Waals surface area (Å²) < 4.78 is 9.05. The lowest BCUT2D eigenvalue weighted by atomic mass is 9.87. The summed E-state index contributed by atoms with van der Waals surface area (Å²) in [6, 6.07) is 52.7. The van der Waals surface area contributed by atoms with Gasteiger partial charge in [-0.25, -0.2) is 9.97 Å². The molecule has 0 radical (unpaired) electrons. The molecule has 3 aromatic heterocycles. The molecule has 0 aliphatic carbocycles. The van der Waals surface area contributed by atoms with Crippen molar-refractivity contribution in [2.24, 2.45) is 0 Å². The van der Waals surface area contributed by atoms with Crippen LogP contribution >= 0.6 is 0 Å². The predicted octanol–water partition coefficient (Wildman–Crippen LogP) is 13.1. The van der Waals surface area contributed by atoms with Gasteiger partial charge in [0.25, 0.3) is 0 Å². The molecule has 0 atom stereocenters. The number of furan rings is 1. The van der Waals surface area contributed by atoms with E-state index in [9.17, 15) is 5.26 Å². The second-order valence-electron chi connectivity index (χ2n) is 14.5. The second kappa shape index (κ2) is 13.3. The molecule has 260 valence electrons. The molecule has 0 N–H and O–H groups in total. The predicted molar refractivity (Wildman–Crippen MR) is 221 cm³/mol. The molecule has 0 fully saturated rings. The van der Waals surface area contributed by atoms with Gasteiger partial charge in [-0.05, 0) is 99.8 Å². The van der Waals surface area contributed by atoms with Gasteiger partial charge < -0.3 is 4.42 Å². The number of hydrogen-bond acceptors (Lipinski definition) is 4. The van der Waals surface area contributed by atoms with Crippen molar-refractivity contribution in [2.45, 2.75) is 39.5 Å². The zero-order valence-corrected chi connectivity index (χ0v) is 30.7. The van der Waals surface area contributed by atoms with Crippen LogP contribution in [-0.2, 0) is 0 Å². The Labute approximate surface area is 314 Å². The van der Waals surface area contributed by atoms with Gasteiger partial charge in [0.2, 0.25) is 5.71 Å². The standard InChI is InChI=1S/C49H38N4O/c1-30(2)41-27-37(35-22-20-34(21-23-35)33-13-6-5-7-14-33)28-42(31(3)4)46(41)53-45-19-9-8-18-44(45)51-48(53)40-17-11-16-38-39-24-25-43(52-49(39)54-47(38)40)36-15-10-12-32(26-36)29-50/h5-28,30-31H,1-4H3. The number of rotatable bonds is 7. The zero-order chi connectivity index (χ0) is 36.9. The Morgan fingerprint density at radius 1 is 0.574 bits per heavy atom. The van der Waals surface area contributed by atoms with E-state index < -0.39 is 0 Å². The fourth-order valence-corrected chi connectivity index (χ4v) is 7.67. The van der Waals surface area contributed by atoms with Crippen LogP contribution in [0.3, 0.4) is 0 Å². The third-order valence-corrected chi connectivity index (χ3v) is 10.4. The molecule has 0 saturated heterocycles. The first-order valence-electron chi connectivity index (χ1n) is 18.5. The Morgan fingerprint density at radius 2 is 1.22 bits per heavy atom. The number of aromatic nitrogens is 3. The van der Waals surface area contributed by atoms with Crippen LogP contribution in [0.2, 0.25) is 0 Å². The lowest BCUT2D eigenvalue weighted by molar-refractivity contribution is 0.655. The highest BCUT2D eigenvalue weighted by Crippen LogP contribution is 2.43. The van der Waals surface area contributed by atoms with E-state index in [0.29, 0.717) is 11.3 Å². The van der Waals surface area contributed by atoms with E-state index in [1.54, 1.807) is 6.07 Å². The summed E-state index contributed by atoms with van der Waals surface area (Å²) in [6.07, 6.45) is 0. The van der Waals surface area contributed by atoms with Gasteiger partial charge in [0.1, 0.15) is 11.4 Å². The van der Waals surface area contributed by atoms with E-state index in [-0.39, 0.29) is 11.8 Å². The fourth-order valence-electron chi connectivity index (χ4n) is 7.67. The lowest BCUT2D eigenvalue weighted by Gasteiger charge is -2.24. The van der Waals surface area contributed by atoms with E-state index >= 15 is 0 Å². The Morgan fingerprint density at radius 3 is 1.94 bits per heavy atom. The quantitative estimate of drug-likeness (QED) is 0.166. The van der Waals surface area contributed by atoms with Gasteiger partial charge in [0, 0.05) is 16.3 Å². The van der Waals surface area contributed by atoms with Crippen molar-refractivity contribution >= 4 is 33.1 Å². The van der Waals surface area contributed by atoms with Crippen molar-refractivity contribution in [3.05, 3.63) is 162 Å². The molecule has 0 unspecified atom stereocenters. The number of nitrogens with zero attached hydrogens (tertiary/aromatic N) is 4. The molecule has 0 bridgehead atoms. The van der Waals surface area contributed by atoms with Crippen LogP contribution in [0.1, 0.15) is 56.2 Å². The first kappa shape index (κ1) is 33.1. The molecule has 0 amide bonds. The molecule has 5 heteroatoms. The molecule has 3 heterocycles. The number of hydrogen-bond donors (Lipinski definition) is 0. The summed E-state index contributed by atoms with van der Waals surface area (Å²) >= 11 is 0. The lowest BCUT2D eigenvalue weighted by Crippen LogP contribution is -2.09. The summed E-state index contributed by atoms with van der Waals surface area (Å²) in [6.45, 7) is 9.11. The van der Waals surface area contributed by atoms with Crippen LogP contribution in [0, 0.1) is 11.3 Å². The van der Waals surface area contributed by atoms with E-state index in [0.717, 1.165) is 50.0 Å². The number of fused-ring (bicyclic) bond motifs is 4. The van der Waals surface area contributed by atoms with Crippen molar-refractivity contribution in [2.75, 3.05) is 0 Å². The fraction of sp³-hybridized carbons (Fsp3) is 0.122. The van der Waals surface area contributed by atoms with Gasteiger partial charge in [-0.3, -0.25) is 4.57 Å². The Hall–Kier alpha value is -6.77. The molecule has 5 nitrogen and oxygen atoms in total. The first-order valence-corrected chi connectivity index (χ1v) is 18.5. The van der Waals surface area contributed by atoms with Crippen molar-refractivity contribution in [3.63, 3.8) is 0 Å². The van der Waals surface area contributed by atoms with Crippen molar-refractivity contribution in [1.82, 2.24) is 14.5 Å². The summed E-state index contributed by atoms with van der Waals surface area (Å²) in [5.74, 6) is 1.30. The average Bonchev–Trinajstić information content (AvgIpc) is 3.79. The highest BCUT2D eigenvalue weighted by atomic mass is 16.3. The summed E-state index contributed by atoms with van der Waals surface area (Å²) in [5, 5.41) is 11.4. The summed E-state index contributed by atoms with van der Waals surface area (Å²) in [5.41, 5.74) is 14.9. The largest absolute Gasteiger partial charge is 0.437 e. The molecular weight excluding hydrogens is 661 g/mol. The molecule has 0 saturated carbocycles. The maximum Gasteiger partial charge on any atom is 0.227 e. The van der Waals surface area contributed by atoms with Gasteiger partial charge in [-0.2, -0.15) is 5.26 Å². The van der Waals surface area contributed by atoms with E-state index in [1.165, 1.54) is 39.1 Å². The molecule has 6 aromatic carbocycles. The highest BCUT2D eigenvalue weighted by molar-refractivity contribution is 6.09. The summed E-state index contributed by atoms with van der Waals surface area (Å²) in [7, 11) is 0. The van der Waals surface area contributed by atoms with Gasteiger partial charge >= 0.3 is 0 Å². The van der Waals surface area contributed by atoms with Gasteiger partial charge in [-0.1, -0.05) is 119 Å². The second-order valence-corrected chi connectivity index (χ2v) is 14.5. The van der Waals surface area contributed by atoms with E-state index in [2.05, 4.69) is 148 Å². The maximum atomic E-state index is 9.48. The molecule has 9 aromatic rings. The Kier molecular flexibility index (Phi) is 8.17. The van der Waals surface area contributed by atoms with Gasteiger partial charge in [-0.15, -0.1) is 0 Å². The van der Waals surface area contributed by atoms with E-state index in [4.69, 9.17) is 14.4 Å². The zero-order valence-electron chi connectivity index (χ0n) is 30.7. The SMILES string of the molecule is CC(C)c1cc(-c2ccc(-c3ccccc3)cc2)cc(C(C)C)c1-n1c(-c2cccc3c2oc2nc(-c4cccc(C#N)c4)ccc23)nc2ccccc21. The van der Waals surface area contributed by atoms with Gasteiger partial charge in [0.05, 0.1) is 39.6 Å². The molecular formula is C49H38N4O. The van der Waals surface area contributed by atoms with Crippen LogP contribution in [-0.4, -0.2) is 14.5 Å². The minimum absolute atomic E-state index is 0.235. The molecule has 0 aliphatic rings. The van der Waals surface area contributed by atoms with Crippen LogP contribution in [0.15, 0.2) is 150 Å². The highest BCUT2D eigenvalue weighted by Gasteiger charge is 2.25. The number of imidazole rings is 1. The topological polar surface area (TPSA) is 67.6 Å². The minimum Gasteiger partial charge on any atom is -0.437 e. The number of benzene rings is 6. The maximum absolute atomic E-state index is 9.48. The molecule has 0 aliphatic heterocycles. The van der Waals surface area contributed by atoms with Crippen LogP contribution in [0.5, 0.6) is 0 Å². The minimum atomic E-state index is 0.235. The van der Waals surface area contributed by atoms with Gasteiger partial charge in [0.15, 0.2) is 0 Å². The third kappa shape index (κ3) is 5.64. The van der Waals surface area contributed by atoms with E-state index in [1.807, 2.05) is 30.3 Å². The monoisotopic (exact) mass is 698 g/mol. The van der Waals surface area contributed by atoms with Crippen molar-refractivity contribution in [1.29, 1.82) is 5.26 Å². The molecule has 0 spiro atoms. The van der Waals surface area contributed by atoms with Crippen LogP contribution in [0.25, 0.3) is 83.7 Å². The van der Waals surface area contributed by atoms with Crippen LogP contribution in [0.4, 0.5) is 0 Å². The normalized spacial score (nSPS) is 11.6. The number of para-hydroxylation sites is 3. The Bertz CT molecular complexity index is 2860. The number of pyridine rings is 1. The summed E-state index contributed by atoms with van der Waals surface area (Å²) in [4.78, 5) is 10.3. The third-order valence-electron chi connectivity index (χ3n) is 10.4. The number of nitriles is 1. The molecule has 54 heavy (non-hydrogen) atoms. The van der Waals surface area contributed by atoms with Crippen molar-refractivity contribution < 1.29 is 4.42 Å². The molecule has 9 rings (SSSR count). The average molecular weight is 699 g/mol.